The van der Waals surface area contributed by atoms with Crippen molar-refractivity contribution >= 4 is 35.6 Å². The Morgan fingerprint density at radius 3 is 2.76 bits per heavy atom. The van der Waals surface area contributed by atoms with Gasteiger partial charge in [-0.2, -0.15) is 0 Å². The Hall–Kier alpha value is -1.77. The summed E-state index contributed by atoms with van der Waals surface area (Å²) in [6.45, 7) is 8.35. The van der Waals surface area contributed by atoms with Crippen LogP contribution in [-0.4, -0.2) is 48.3 Å². The van der Waals surface area contributed by atoms with E-state index < -0.39 is 8.07 Å². The average molecular weight is 376 g/mol. The van der Waals surface area contributed by atoms with Crippen LogP contribution in [0.3, 0.4) is 0 Å². The summed E-state index contributed by atoms with van der Waals surface area (Å²) in [6, 6.07) is 3.18. The van der Waals surface area contributed by atoms with Crippen LogP contribution in [0, 0.1) is 0 Å². The van der Waals surface area contributed by atoms with Crippen LogP contribution < -0.4 is 4.90 Å². The van der Waals surface area contributed by atoms with E-state index in [1.54, 1.807) is 17.5 Å². The molecular formula is C17H25N5OSSi. The van der Waals surface area contributed by atoms with E-state index in [0.717, 1.165) is 34.4 Å². The summed E-state index contributed by atoms with van der Waals surface area (Å²) >= 11 is 1.64. The van der Waals surface area contributed by atoms with Gasteiger partial charge in [0.15, 0.2) is 5.82 Å². The Labute approximate surface area is 153 Å². The lowest BCUT2D eigenvalue weighted by Gasteiger charge is -2.16. The molecule has 25 heavy (non-hydrogen) atoms. The minimum atomic E-state index is -1.08. The van der Waals surface area contributed by atoms with E-state index in [4.69, 9.17) is 9.72 Å². The molecule has 3 aromatic rings. The van der Waals surface area contributed by atoms with E-state index in [9.17, 15) is 0 Å². The third kappa shape index (κ3) is 4.26. The van der Waals surface area contributed by atoms with Crippen LogP contribution in [0.4, 0.5) is 5.95 Å². The molecule has 0 aliphatic rings. The maximum absolute atomic E-state index is 5.89. The van der Waals surface area contributed by atoms with E-state index in [1.807, 2.05) is 41.2 Å². The number of ether oxygens (including phenoxy) is 1. The standard InChI is InChI=1S/C17H25N5OSSi/c1-21(2)17-19-13-6-10-24-15(13)14(20-17)16-18-7-8-22(16)12-23-9-11-25(3,4)5/h6-8,10H,9,11-12H2,1-5H3. The lowest BCUT2D eigenvalue weighted by Crippen LogP contribution is -2.22. The largest absolute Gasteiger partial charge is 0.361 e. The molecule has 0 aromatic carbocycles. The lowest BCUT2D eigenvalue weighted by molar-refractivity contribution is 0.0882. The number of hydrogen-bond donors (Lipinski definition) is 0. The third-order valence-corrected chi connectivity index (χ3v) is 6.46. The first-order chi connectivity index (χ1) is 11.8. The summed E-state index contributed by atoms with van der Waals surface area (Å²) in [7, 11) is 2.82. The van der Waals surface area contributed by atoms with Gasteiger partial charge in [-0.3, -0.25) is 0 Å². The molecule has 8 heteroatoms. The number of nitrogens with zero attached hydrogens (tertiary/aromatic N) is 5. The van der Waals surface area contributed by atoms with Gasteiger partial charge >= 0.3 is 0 Å². The molecule has 6 nitrogen and oxygen atoms in total. The van der Waals surface area contributed by atoms with Gasteiger partial charge in [-0.25, -0.2) is 15.0 Å². The summed E-state index contributed by atoms with van der Waals surface area (Å²) in [5.74, 6) is 1.51. The molecule has 0 spiro atoms. The van der Waals surface area contributed by atoms with Crippen LogP contribution in [0.5, 0.6) is 0 Å². The van der Waals surface area contributed by atoms with Crippen molar-refractivity contribution in [3.05, 3.63) is 23.8 Å². The summed E-state index contributed by atoms with van der Waals surface area (Å²) < 4.78 is 8.97. The first kappa shape index (κ1) is 18.0. The summed E-state index contributed by atoms with van der Waals surface area (Å²) in [4.78, 5) is 15.8. The maximum Gasteiger partial charge on any atom is 0.226 e. The highest BCUT2D eigenvalue weighted by Crippen LogP contribution is 2.30. The molecule has 134 valence electrons. The van der Waals surface area contributed by atoms with Gasteiger partial charge in [-0.05, 0) is 17.5 Å². The molecule has 0 fully saturated rings. The molecule has 0 saturated heterocycles. The monoisotopic (exact) mass is 375 g/mol. The van der Waals surface area contributed by atoms with E-state index in [0.29, 0.717) is 12.7 Å². The molecule has 0 radical (unpaired) electrons. The van der Waals surface area contributed by atoms with Crippen LogP contribution >= 0.6 is 11.3 Å². The zero-order valence-corrected chi connectivity index (χ0v) is 17.3. The first-order valence-electron chi connectivity index (χ1n) is 8.37. The van der Waals surface area contributed by atoms with Gasteiger partial charge in [-0.15, -0.1) is 11.3 Å². The molecule has 0 N–H and O–H groups in total. The van der Waals surface area contributed by atoms with E-state index >= 15 is 0 Å². The number of thiophene rings is 1. The normalized spacial score (nSPS) is 12.0. The number of anilines is 1. The van der Waals surface area contributed by atoms with Crippen LogP contribution in [-0.2, 0) is 11.5 Å². The zero-order valence-electron chi connectivity index (χ0n) is 15.5. The quantitative estimate of drug-likeness (QED) is 0.462. The van der Waals surface area contributed by atoms with Crippen molar-refractivity contribution < 1.29 is 4.74 Å². The molecule has 0 bridgehead atoms. The van der Waals surface area contributed by atoms with Gasteiger partial charge < -0.3 is 14.2 Å². The second-order valence-electron chi connectivity index (χ2n) is 7.47. The fourth-order valence-electron chi connectivity index (χ4n) is 2.37. The fourth-order valence-corrected chi connectivity index (χ4v) is 3.95. The van der Waals surface area contributed by atoms with Crippen LogP contribution in [0.2, 0.25) is 25.7 Å². The van der Waals surface area contributed by atoms with Crippen molar-refractivity contribution in [1.82, 2.24) is 19.5 Å². The minimum Gasteiger partial charge on any atom is -0.361 e. The number of imidazole rings is 1. The lowest BCUT2D eigenvalue weighted by atomic mass is 10.3. The van der Waals surface area contributed by atoms with Crippen molar-refractivity contribution in [3.8, 4) is 11.5 Å². The molecule has 0 amide bonds. The maximum atomic E-state index is 5.89. The van der Waals surface area contributed by atoms with Crippen molar-refractivity contribution in [2.24, 2.45) is 0 Å². The van der Waals surface area contributed by atoms with Gasteiger partial charge in [-0.1, -0.05) is 19.6 Å². The topological polar surface area (TPSA) is 56.1 Å². The Bertz CT molecular complexity index is 852. The van der Waals surface area contributed by atoms with Crippen molar-refractivity contribution in [2.75, 3.05) is 25.6 Å². The SMILES string of the molecule is CN(C)c1nc(-c2nccn2COCC[Si](C)(C)C)c2sccc2n1. The smallest absolute Gasteiger partial charge is 0.226 e. The van der Waals surface area contributed by atoms with Gasteiger partial charge in [0, 0.05) is 41.2 Å². The van der Waals surface area contributed by atoms with Crippen LogP contribution in [0.1, 0.15) is 0 Å². The summed E-state index contributed by atoms with van der Waals surface area (Å²) in [5, 5.41) is 2.04. The Morgan fingerprint density at radius 1 is 1.24 bits per heavy atom. The van der Waals surface area contributed by atoms with Crippen molar-refractivity contribution in [3.63, 3.8) is 0 Å². The van der Waals surface area contributed by atoms with E-state index in [1.165, 1.54) is 0 Å². The molecule has 3 aromatic heterocycles. The minimum absolute atomic E-state index is 0.494. The fraction of sp³-hybridized carbons (Fsp3) is 0.471. The Balaban J connectivity index is 1.87. The molecular weight excluding hydrogens is 350 g/mol. The number of aromatic nitrogens is 4. The summed E-state index contributed by atoms with van der Waals surface area (Å²) in [6.07, 6.45) is 3.74. The molecule has 0 aliphatic carbocycles. The average Bonchev–Trinajstić information content (AvgIpc) is 3.18. The second-order valence-corrected chi connectivity index (χ2v) is 14.0. The van der Waals surface area contributed by atoms with Crippen LogP contribution in [0.15, 0.2) is 23.8 Å². The molecule has 0 saturated carbocycles. The van der Waals surface area contributed by atoms with Gasteiger partial charge in [0.2, 0.25) is 5.95 Å². The molecule has 0 unspecified atom stereocenters. The molecule has 3 heterocycles. The first-order valence-corrected chi connectivity index (χ1v) is 13.0. The molecule has 0 atom stereocenters. The van der Waals surface area contributed by atoms with Crippen LogP contribution in [0.25, 0.3) is 21.7 Å². The highest BCUT2D eigenvalue weighted by Gasteiger charge is 2.17. The van der Waals surface area contributed by atoms with E-state index in [-0.39, 0.29) is 0 Å². The molecule has 0 aliphatic heterocycles. The third-order valence-electron chi connectivity index (χ3n) is 3.85. The second kappa shape index (κ2) is 7.23. The van der Waals surface area contributed by atoms with Crippen molar-refractivity contribution in [2.45, 2.75) is 32.4 Å². The number of rotatable bonds is 7. The van der Waals surface area contributed by atoms with Crippen molar-refractivity contribution in [1.29, 1.82) is 0 Å². The zero-order chi connectivity index (χ0) is 18.0. The summed E-state index contributed by atoms with van der Waals surface area (Å²) in [5.41, 5.74) is 1.82. The number of fused-ring (bicyclic) bond motifs is 1. The predicted molar refractivity (Wildman–Crippen MR) is 107 cm³/mol. The molecule has 3 rings (SSSR count). The van der Waals surface area contributed by atoms with Gasteiger partial charge in [0.05, 0.1) is 10.2 Å². The Morgan fingerprint density at radius 2 is 2.04 bits per heavy atom. The predicted octanol–water partition coefficient (Wildman–Crippen LogP) is 3.93. The van der Waals surface area contributed by atoms with E-state index in [2.05, 4.69) is 29.6 Å². The van der Waals surface area contributed by atoms with Gasteiger partial charge in [0.25, 0.3) is 0 Å². The Kier molecular flexibility index (Phi) is 5.21. The highest BCUT2D eigenvalue weighted by atomic mass is 32.1. The highest BCUT2D eigenvalue weighted by molar-refractivity contribution is 7.17. The van der Waals surface area contributed by atoms with Gasteiger partial charge in [0.1, 0.15) is 12.4 Å². The number of hydrogen-bond acceptors (Lipinski definition) is 6.